The maximum atomic E-state index is 13.7. The highest BCUT2D eigenvalue weighted by atomic mass is 35.5. The van der Waals surface area contributed by atoms with Gasteiger partial charge in [-0.1, -0.05) is 30.9 Å². The number of imidazole rings is 1. The second-order valence-electron chi connectivity index (χ2n) is 5.36. The zero-order chi connectivity index (χ0) is 14.3. The molecule has 1 aliphatic rings. The number of nitrogens with one attached hydrogen (secondary N) is 1. The van der Waals surface area contributed by atoms with E-state index in [4.69, 9.17) is 23.8 Å². The lowest BCUT2D eigenvalue weighted by Crippen LogP contribution is -2.23. The molecule has 0 saturated heterocycles. The molecule has 2 unspecified atom stereocenters. The predicted octanol–water partition coefficient (Wildman–Crippen LogP) is 4.36. The first-order valence-electron chi connectivity index (χ1n) is 6.85. The zero-order valence-electron chi connectivity index (χ0n) is 10.9. The lowest BCUT2D eigenvalue weighted by molar-refractivity contribution is 0.107. The molecule has 1 saturated carbocycles. The molecule has 1 aliphatic carbocycles. The van der Waals surface area contributed by atoms with Crippen LogP contribution in [0.1, 0.15) is 38.1 Å². The molecule has 0 bridgehead atoms. The summed E-state index contributed by atoms with van der Waals surface area (Å²) in [7, 11) is 0. The van der Waals surface area contributed by atoms with Gasteiger partial charge in [-0.3, -0.25) is 0 Å². The van der Waals surface area contributed by atoms with Gasteiger partial charge in [0.1, 0.15) is 5.82 Å². The van der Waals surface area contributed by atoms with E-state index in [1.165, 1.54) is 6.07 Å². The van der Waals surface area contributed by atoms with E-state index in [0.29, 0.717) is 15.8 Å². The van der Waals surface area contributed by atoms with Crippen molar-refractivity contribution in [1.29, 1.82) is 0 Å². The maximum absolute atomic E-state index is 13.7. The first kappa shape index (κ1) is 14.0. The minimum absolute atomic E-state index is 0.0716. The molecule has 0 amide bonds. The summed E-state index contributed by atoms with van der Waals surface area (Å²) in [4.78, 5) is 3.05. The van der Waals surface area contributed by atoms with E-state index < -0.39 is 11.9 Å². The average molecular weight is 315 g/mol. The minimum atomic E-state index is -0.468. The Morgan fingerprint density at radius 2 is 2.05 bits per heavy atom. The van der Waals surface area contributed by atoms with Crippen LogP contribution in [0.4, 0.5) is 4.39 Å². The first-order valence-corrected chi connectivity index (χ1v) is 7.64. The summed E-state index contributed by atoms with van der Waals surface area (Å²) >= 11 is 11.2. The summed E-state index contributed by atoms with van der Waals surface area (Å²) in [5.74, 6) is -0.468. The molecule has 108 valence electrons. The van der Waals surface area contributed by atoms with Crippen LogP contribution in [0.15, 0.2) is 12.1 Å². The first-order chi connectivity index (χ1) is 9.58. The van der Waals surface area contributed by atoms with Gasteiger partial charge < -0.3 is 14.7 Å². The SMILES string of the molecule is OC1CCCCCC1n1c(=S)[nH]c2cc(Cl)c(F)cc21. The van der Waals surface area contributed by atoms with Gasteiger partial charge in [0.2, 0.25) is 0 Å². The van der Waals surface area contributed by atoms with Gasteiger partial charge in [-0.25, -0.2) is 4.39 Å². The quantitative estimate of drug-likeness (QED) is 0.606. The van der Waals surface area contributed by atoms with Crippen molar-refractivity contribution in [2.75, 3.05) is 0 Å². The van der Waals surface area contributed by atoms with E-state index in [2.05, 4.69) is 4.98 Å². The number of hydrogen-bond acceptors (Lipinski definition) is 2. The predicted molar refractivity (Wildman–Crippen MR) is 80.2 cm³/mol. The largest absolute Gasteiger partial charge is 0.391 e. The number of benzene rings is 1. The fourth-order valence-corrected chi connectivity index (χ4v) is 3.53. The van der Waals surface area contributed by atoms with Crippen LogP contribution >= 0.6 is 23.8 Å². The number of aliphatic hydroxyl groups is 1. The van der Waals surface area contributed by atoms with Crippen molar-refractivity contribution in [3.05, 3.63) is 27.7 Å². The Hall–Kier alpha value is -0.910. The standard InChI is InChI=1S/C14H16ClFN2OS/c15-8-6-10-12(7-9(8)16)18(14(20)17-10)11-4-2-1-3-5-13(11)19/h6-7,11,13,19H,1-5H2,(H,17,20). The van der Waals surface area contributed by atoms with E-state index in [1.807, 2.05) is 4.57 Å². The summed E-state index contributed by atoms with van der Waals surface area (Å²) in [5.41, 5.74) is 1.38. The molecule has 2 atom stereocenters. The van der Waals surface area contributed by atoms with Crippen LogP contribution in [0.3, 0.4) is 0 Å². The molecule has 1 heterocycles. The van der Waals surface area contributed by atoms with E-state index >= 15 is 0 Å². The van der Waals surface area contributed by atoms with E-state index in [-0.39, 0.29) is 11.1 Å². The van der Waals surface area contributed by atoms with Gasteiger partial charge >= 0.3 is 0 Å². The van der Waals surface area contributed by atoms with Gasteiger partial charge in [0.05, 0.1) is 28.2 Å². The molecule has 3 nitrogen and oxygen atoms in total. The number of aromatic nitrogens is 2. The summed E-state index contributed by atoms with van der Waals surface area (Å²) in [6.45, 7) is 0. The normalized spacial score (nSPS) is 23.9. The van der Waals surface area contributed by atoms with E-state index in [0.717, 1.165) is 32.1 Å². The summed E-state index contributed by atoms with van der Waals surface area (Å²) in [5, 5.41) is 10.4. The van der Waals surface area contributed by atoms with Crippen LogP contribution in [0, 0.1) is 10.6 Å². The Labute approximate surface area is 126 Å². The lowest BCUT2D eigenvalue weighted by atomic mass is 10.1. The number of aliphatic hydroxyl groups excluding tert-OH is 1. The molecule has 0 spiro atoms. The Balaban J connectivity index is 2.17. The molecule has 20 heavy (non-hydrogen) atoms. The Morgan fingerprint density at radius 3 is 2.85 bits per heavy atom. The smallest absolute Gasteiger partial charge is 0.178 e. The van der Waals surface area contributed by atoms with Crippen molar-refractivity contribution in [2.24, 2.45) is 0 Å². The molecule has 3 rings (SSSR count). The average Bonchev–Trinajstić information content (AvgIpc) is 2.58. The molecule has 1 fully saturated rings. The number of nitrogens with zero attached hydrogens (tertiary/aromatic N) is 1. The van der Waals surface area contributed by atoms with Crippen molar-refractivity contribution >= 4 is 34.9 Å². The summed E-state index contributed by atoms with van der Waals surface area (Å²) in [6.07, 6.45) is 4.35. The Kier molecular flexibility index (Phi) is 3.84. The van der Waals surface area contributed by atoms with Crippen LogP contribution in [0.5, 0.6) is 0 Å². The molecule has 0 radical (unpaired) electrons. The molecule has 1 aromatic carbocycles. The van der Waals surface area contributed by atoms with Gasteiger partial charge in [0.15, 0.2) is 4.77 Å². The van der Waals surface area contributed by atoms with Gasteiger partial charge in [-0.15, -0.1) is 0 Å². The third kappa shape index (κ3) is 2.38. The van der Waals surface area contributed by atoms with Crippen molar-refractivity contribution in [3.8, 4) is 0 Å². The van der Waals surface area contributed by atoms with Crippen molar-refractivity contribution in [1.82, 2.24) is 9.55 Å². The van der Waals surface area contributed by atoms with Gasteiger partial charge in [0.25, 0.3) is 0 Å². The van der Waals surface area contributed by atoms with Gasteiger partial charge in [-0.05, 0) is 31.1 Å². The third-order valence-electron chi connectivity index (χ3n) is 4.03. The Morgan fingerprint density at radius 1 is 1.30 bits per heavy atom. The summed E-state index contributed by atoms with van der Waals surface area (Å²) in [6, 6.07) is 2.84. The molecule has 0 aliphatic heterocycles. The second kappa shape index (κ2) is 5.47. The minimum Gasteiger partial charge on any atom is -0.391 e. The maximum Gasteiger partial charge on any atom is 0.178 e. The van der Waals surface area contributed by atoms with Crippen LogP contribution in [0.25, 0.3) is 11.0 Å². The third-order valence-corrected chi connectivity index (χ3v) is 4.62. The number of halogens is 2. The summed E-state index contributed by atoms with van der Waals surface area (Å²) < 4.78 is 16.1. The fraction of sp³-hybridized carbons (Fsp3) is 0.500. The van der Waals surface area contributed by atoms with Gasteiger partial charge in [-0.2, -0.15) is 0 Å². The van der Waals surface area contributed by atoms with E-state index in [9.17, 15) is 9.50 Å². The second-order valence-corrected chi connectivity index (χ2v) is 6.15. The fourth-order valence-electron chi connectivity index (χ4n) is 3.02. The molecular weight excluding hydrogens is 299 g/mol. The van der Waals surface area contributed by atoms with E-state index in [1.54, 1.807) is 6.07 Å². The van der Waals surface area contributed by atoms with Crippen molar-refractivity contribution < 1.29 is 9.50 Å². The highest BCUT2D eigenvalue weighted by Crippen LogP contribution is 2.32. The zero-order valence-corrected chi connectivity index (χ0v) is 12.5. The molecule has 1 aromatic heterocycles. The van der Waals surface area contributed by atoms with Crippen LogP contribution in [-0.4, -0.2) is 20.8 Å². The molecular formula is C14H16ClFN2OS. The number of rotatable bonds is 1. The molecule has 2 N–H and O–H groups in total. The highest BCUT2D eigenvalue weighted by molar-refractivity contribution is 7.71. The monoisotopic (exact) mass is 314 g/mol. The van der Waals surface area contributed by atoms with Gasteiger partial charge in [0, 0.05) is 6.07 Å². The molecule has 6 heteroatoms. The number of fused-ring (bicyclic) bond motifs is 1. The topological polar surface area (TPSA) is 41.0 Å². The molecule has 2 aromatic rings. The number of aromatic amines is 1. The highest BCUT2D eigenvalue weighted by Gasteiger charge is 2.25. The van der Waals surface area contributed by atoms with Crippen LogP contribution in [0.2, 0.25) is 5.02 Å². The lowest BCUT2D eigenvalue weighted by Gasteiger charge is -2.22. The number of H-pyrrole nitrogens is 1. The number of hydrogen-bond donors (Lipinski definition) is 2. The van der Waals surface area contributed by atoms with Crippen molar-refractivity contribution in [3.63, 3.8) is 0 Å². The van der Waals surface area contributed by atoms with Crippen LogP contribution in [-0.2, 0) is 0 Å². The Bertz CT molecular complexity index is 696. The van der Waals surface area contributed by atoms with Crippen molar-refractivity contribution in [2.45, 2.75) is 44.2 Å². The van der Waals surface area contributed by atoms with Crippen LogP contribution < -0.4 is 0 Å².